The van der Waals surface area contributed by atoms with Crippen LogP contribution >= 0.6 is 0 Å². The molecule has 23 heavy (non-hydrogen) atoms. The van der Waals surface area contributed by atoms with E-state index in [4.69, 9.17) is 4.74 Å². The molecule has 11 heteroatoms. The van der Waals surface area contributed by atoms with Crippen LogP contribution in [0.1, 0.15) is 25.0 Å². The van der Waals surface area contributed by atoms with Gasteiger partial charge in [-0.2, -0.15) is 0 Å². The molecule has 1 atom stereocenters. The Morgan fingerprint density at radius 3 is 2.13 bits per heavy atom. The van der Waals surface area contributed by atoms with Crippen molar-refractivity contribution in [1.82, 2.24) is 0 Å². The minimum Gasteiger partial charge on any atom is -0.454 e. The molecule has 1 aromatic rings. The van der Waals surface area contributed by atoms with Crippen molar-refractivity contribution in [3.8, 4) is 0 Å². The van der Waals surface area contributed by atoms with Crippen LogP contribution in [0.25, 0.3) is 0 Å². The number of nitro benzene ring substituents is 3. The smallest absolute Gasteiger partial charge is 0.422 e. The van der Waals surface area contributed by atoms with Crippen LogP contribution in [0.4, 0.5) is 17.1 Å². The normalized spacial score (nSPS) is 11.3. The van der Waals surface area contributed by atoms with Crippen molar-refractivity contribution in [2.24, 2.45) is 0 Å². The number of hydrogen-bond donors (Lipinski definition) is 0. The fourth-order valence-corrected chi connectivity index (χ4v) is 1.92. The second-order valence-corrected chi connectivity index (χ2v) is 4.18. The number of benzene rings is 1. The zero-order valence-corrected chi connectivity index (χ0v) is 11.8. The molecule has 1 aromatic carbocycles. The summed E-state index contributed by atoms with van der Waals surface area (Å²) in [5.41, 5.74) is -3.65. The van der Waals surface area contributed by atoms with Gasteiger partial charge in [0.1, 0.15) is 6.10 Å². The van der Waals surface area contributed by atoms with Crippen LogP contribution in [-0.2, 0) is 9.53 Å². The van der Waals surface area contributed by atoms with E-state index in [1.807, 2.05) is 0 Å². The van der Waals surface area contributed by atoms with Crippen LogP contribution in [0.5, 0.6) is 0 Å². The van der Waals surface area contributed by atoms with Gasteiger partial charge < -0.3 is 4.74 Å². The molecule has 0 N–H and O–H groups in total. The van der Waals surface area contributed by atoms with Crippen molar-refractivity contribution in [3.63, 3.8) is 0 Å². The quantitative estimate of drug-likeness (QED) is 0.320. The van der Waals surface area contributed by atoms with E-state index in [0.717, 1.165) is 18.2 Å². The van der Waals surface area contributed by atoms with E-state index in [0.29, 0.717) is 0 Å². The van der Waals surface area contributed by atoms with Crippen LogP contribution in [0.15, 0.2) is 24.8 Å². The number of nitro groups is 3. The highest BCUT2D eigenvalue weighted by Gasteiger charge is 2.40. The summed E-state index contributed by atoms with van der Waals surface area (Å²) in [7, 11) is 0. The van der Waals surface area contributed by atoms with E-state index in [-0.39, 0.29) is 12.0 Å². The summed E-state index contributed by atoms with van der Waals surface area (Å²) in [5, 5.41) is 33.1. The topological polar surface area (TPSA) is 156 Å². The molecule has 1 unspecified atom stereocenters. The Labute approximate surface area is 128 Å². The molecule has 0 heterocycles. The molecule has 0 radical (unpaired) electrons. The Kier molecular flexibility index (Phi) is 5.43. The molecule has 11 nitrogen and oxygen atoms in total. The van der Waals surface area contributed by atoms with Crippen LogP contribution < -0.4 is 0 Å². The number of nitrogens with zero attached hydrogens (tertiary/aromatic N) is 3. The maximum Gasteiger partial charge on any atom is 0.422 e. The molecule has 0 saturated carbocycles. The van der Waals surface area contributed by atoms with Crippen LogP contribution in [0, 0.1) is 30.3 Å². The number of carbonyl (C=O) groups excluding carboxylic acids is 1. The highest BCUT2D eigenvalue weighted by molar-refractivity contribution is 5.81. The third-order valence-electron chi connectivity index (χ3n) is 2.87. The summed E-state index contributed by atoms with van der Waals surface area (Å²) in [6, 6.07) is 1.73. The number of ether oxygens (including phenoxy) is 1. The summed E-state index contributed by atoms with van der Waals surface area (Å²) in [5.74, 6) is -0.882. The molecule has 0 bridgehead atoms. The fraction of sp³-hybridized carbons (Fsp3) is 0.250. The first-order valence-electron chi connectivity index (χ1n) is 6.17. The van der Waals surface area contributed by atoms with Gasteiger partial charge in [0, 0.05) is 12.1 Å². The minimum atomic E-state index is -1.26. The highest BCUT2D eigenvalue weighted by Crippen LogP contribution is 2.42. The molecule has 0 aromatic heterocycles. The van der Waals surface area contributed by atoms with Gasteiger partial charge in [-0.05, 0) is 12.5 Å². The maximum absolute atomic E-state index is 11.3. The van der Waals surface area contributed by atoms with E-state index in [2.05, 4.69) is 6.58 Å². The van der Waals surface area contributed by atoms with Gasteiger partial charge in [0.05, 0.1) is 20.3 Å². The number of hydrogen-bond acceptors (Lipinski definition) is 8. The van der Waals surface area contributed by atoms with E-state index >= 15 is 0 Å². The molecular weight excluding hydrogens is 314 g/mol. The molecule has 0 spiro atoms. The number of carbonyl (C=O) groups is 1. The van der Waals surface area contributed by atoms with Gasteiger partial charge in [-0.15, -0.1) is 0 Å². The molecule has 0 aliphatic heterocycles. The van der Waals surface area contributed by atoms with Gasteiger partial charge in [-0.25, -0.2) is 4.79 Å². The number of rotatable bonds is 7. The van der Waals surface area contributed by atoms with E-state index in [1.165, 1.54) is 6.92 Å². The van der Waals surface area contributed by atoms with Crippen molar-refractivity contribution in [2.75, 3.05) is 0 Å². The van der Waals surface area contributed by atoms with E-state index < -0.39 is 43.9 Å². The average Bonchev–Trinajstić information content (AvgIpc) is 2.50. The fourth-order valence-electron chi connectivity index (χ4n) is 1.92. The second kappa shape index (κ2) is 7.06. The predicted molar refractivity (Wildman–Crippen MR) is 75.7 cm³/mol. The number of esters is 1. The molecule has 122 valence electrons. The first-order chi connectivity index (χ1) is 10.7. The summed E-state index contributed by atoms with van der Waals surface area (Å²) in [4.78, 5) is 41.0. The van der Waals surface area contributed by atoms with Gasteiger partial charge in [0.25, 0.3) is 0 Å². The predicted octanol–water partition coefficient (Wildman–Crippen LogP) is 2.59. The molecule has 0 aliphatic carbocycles. The van der Waals surface area contributed by atoms with Crippen molar-refractivity contribution < 1.29 is 24.3 Å². The van der Waals surface area contributed by atoms with E-state index in [9.17, 15) is 35.1 Å². The molecule has 0 saturated heterocycles. The Bertz CT molecular complexity index is 700. The molecule has 1 rings (SSSR count). The van der Waals surface area contributed by atoms with Crippen molar-refractivity contribution in [1.29, 1.82) is 0 Å². The zero-order valence-electron chi connectivity index (χ0n) is 11.8. The summed E-state index contributed by atoms with van der Waals surface area (Å²) in [6.45, 7) is 4.70. The lowest BCUT2D eigenvalue weighted by atomic mass is 10.0. The summed E-state index contributed by atoms with van der Waals surface area (Å²) < 4.78 is 4.91. The summed E-state index contributed by atoms with van der Waals surface area (Å²) in [6.07, 6.45) is -0.288. The Morgan fingerprint density at radius 1 is 1.17 bits per heavy atom. The van der Waals surface area contributed by atoms with Crippen molar-refractivity contribution in [2.45, 2.75) is 19.4 Å². The lowest BCUT2D eigenvalue weighted by Crippen LogP contribution is -2.12. The standard InChI is InChI=1S/C12H11N3O8/c1-3-9(23-10(16)4-2)7-5-6-8(13(17)18)12(15(21)22)11(7)14(19)20/h4-6,9H,2-3H2,1H3. The largest absolute Gasteiger partial charge is 0.454 e. The van der Waals surface area contributed by atoms with Gasteiger partial charge in [-0.3, -0.25) is 30.3 Å². The third-order valence-corrected chi connectivity index (χ3v) is 2.87. The summed E-state index contributed by atoms with van der Waals surface area (Å²) >= 11 is 0. The molecule has 0 fully saturated rings. The SMILES string of the molecule is C=CC(=O)OC(CC)c1ccc([N+](=O)[O-])c([N+](=O)[O-])c1[N+](=O)[O-]. The minimum absolute atomic E-state index is 0.0649. The zero-order chi connectivity index (χ0) is 17.7. The first-order valence-corrected chi connectivity index (χ1v) is 6.17. The van der Waals surface area contributed by atoms with E-state index in [1.54, 1.807) is 0 Å². The van der Waals surface area contributed by atoms with Gasteiger partial charge in [-0.1, -0.05) is 13.5 Å². The van der Waals surface area contributed by atoms with Gasteiger partial charge >= 0.3 is 23.0 Å². The molecule has 0 aliphatic rings. The highest BCUT2D eigenvalue weighted by atomic mass is 16.6. The van der Waals surface area contributed by atoms with Crippen molar-refractivity contribution >= 4 is 23.0 Å². The Balaban J connectivity index is 3.66. The Hall–Kier alpha value is -3.37. The second-order valence-electron chi connectivity index (χ2n) is 4.18. The monoisotopic (exact) mass is 325 g/mol. The lowest BCUT2D eigenvalue weighted by molar-refractivity contribution is -0.441. The van der Waals surface area contributed by atoms with Crippen LogP contribution in [0.3, 0.4) is 0 Å². The third kappa shape index (κ3) is 3.64. The Morgan fingerprint density at radius 2 is 1.74 bits per heavy atom. The van der Waals surface area contributed by atoms with Crippen molar-refractivity contribution in [3.05, 3.63) is 60.7 Å². The lowest BCUT2D eigenvalue weighted by Gasteiger charge is -2.15. The molecule has 0 amide bonds. The maximum atomic E-state index is 11.3. The van der Waals surface area contributed by atoms with Crippen LogP contribution in [0.2, 0.25) is 0 Å². The molecular formula is C12H11N3O8. The van der Waals surface area contributed by atoms with Gasteiger partial charge in [0.2, 0.25) is 0 Å². The van der Waals surface area contributed by atoms with Crippen LogP contribution in [-0.4, -0.2) is 20.7 Å². The van der Waals surface area contributed by atoms with Gasteiger partial charge in [0.15, 0.2) is 0 Å². The first kappa shape index (κ1) is 17.7. The average molecular weight is 325 g/mol.